The molecule has 4 nitrogen and oxygen atoms in total. The number of aryl methyl sites for hydroxylation is 1. The Bertz CT molecular complexity index is 890. The van der Waals surface area contributed by atoms with E-state index in [1.807, 2.05) is 50.4 Å². The molecule has 0 saturated carbocycles. The molecule has 1 aromatic heterocycles. The lowest BCUT2D eigenvalue weighted by atomic mass is 9.94. The molecule has 1 aliphatic carbocycles. The number of hydrogen-bond donors (Lipinski definition) is 0. The van der Waals surface area contributed by atoms with E-state index in [4.69, 9.17) is 4.98 Å². The van der Waals surface area contributed by atoms with E-state index in [0.717, 1.165) is 48.0 Å². The lowest BCUT2D eigenvalue weighted by Crippen LogP contribution is -2.04. The lowest BCUT2D eigenvalue weighted by molar-refractivity contribution is 0.939. The molecule has 1 aliphatic rings. The van der Waals surface area contributed by atoms with Crippen molar-refractivity contribution in [2.24, 2.45) is 4.99 Å². The maximum Gasteiger partial charge on any atom is 0.163 e. The molecular weight excluding hydrogens is 320 g/mol. The highest BCUT2D eigenvalue weighted by molar-refractivity contribution is 5.77. The van der Waals surface area contributed by atoms with Crippen molar-refractivity contribution >= 4 is 11.8 Å². The van der Waals surface area contributed by atoms with E-state index < -0.39 is 0 Å². The molecule has 0 spiro atoms. The van der Waals surface area contributed by atoms with Gasteiger partial charge in [-0.3, -0.25) is 4.99 Å². The van der Waals surface area contributed by atoms with Gasteiger partial charge in [0.1, 0.15) is 5.82 Å². The van der Waals surface area contributed by atoms with Gasteiger partial charge in [-0.15, -0.1) is 0 Å². The molecule has 26 heavy (non-hydrogen) atoms. The van der Waals surface area contributed by atoms with Crippen LogP contribution in [0.1, 0.15) is 38.3 Å². The summed E-state index contributed by atoms with van der Waals surface area (Å²) in [7, 11) is 0. The molecule has 0 saturated heterocycles. The van der Waals surface area contributed by atoms with Gasteiger partial charge < -0.3 is 0 Å². The zero-order chi connectivity index (χ0) is 18.4. The minimum Gasteiger partial charge on any atom is -0.293 e. The van der Waals surface area contributed by atoms with E-state index in [1.54, 1.807) is 0 Å². The number of nitrogens with zero attached hydrogens (tertiary/aromatic N) is 4. The number of hydrogen-bond acceptors (Lipinski definition) is 4. The van der Waals surface area contributed by atoms with Gasteiger partial charge in [0.25, 0.3) is 0 Å². The largest absolute Gasteiger partial charge is 0.293 e. The Morgan fingerprint density at radius 1 is 1.12 bits per heavy atom. The summed E-state index contributed by atoms with van der Waals surface area (Å²) in [5.41, 5.74) is 4.62. The summed E-state index contributed by atoms with van der Waals surface area (Å²) < 4.78 is 0. The zero-order valence-corrected chi connectivity index (χ0v) is 15.6. The van der Waals surface area contributed by atoms with Crippen molar-refractivity contribution in [3.05, 3.63) is 71.4 Å². The van der Waals surface area contributed by atoms with E-state index >= 15 is 0 Å². The first-order valence-electron chi connectivity index (χ1n) is 9.03. The van der Waals surface area contributed by atoms with E-state index in [2.05, 4.69) is 40.1 Å². The quantitative estimate of drug-likeness (QED) is 0.718. The van der Waals surface area contributed by atoms with Crippen LogP contribution < -0.4 is 0 Å². The maximum atomic E-state index is 4.72. The van der Waals surface area contributed by atoms with Crippen LogP contribution in [0.25, 0.3) is 17.0 Å². The Kier molecular flexibility index (Phi) is 5.84. The van der Waals surface area contributed by atoms with Gasteiger partial charge in [0.2, 0.25) is 0 Å². The fourth-order valence-corrected chi connectivity index (χ4v) is 2.87. The van der Waals surface area contributed by atoms with Crippen molar-refractivity contribution in [2.45, 2.75) is 33.6 Å². The molecule has 1 aromatic carbocycles. The fraction of sp³-hybridized carbons (Fsp3) is 0.273. The van der Waals surface area contributed by atoms with Crippen LogP contribution in [0.15, 0.2) is 64.7 Å². The summed E-state index contributed by atoms with van der Waals surface area (Å²) in [5.74, 6) is 2.19. The third kappa shape index (κ3) is 4.39. The van der Waals surface area contributed by atoms with Gasteiger partial charge in [-0.25, -0.2) is 15.0 Å². The second-order valence-electron chi connectivity index (χ2n) is 6.26. The molecule has 0 unspecified atom stereocenters. The van der Waals surface area contributed by atoms with E-state index in [0.29, 0.717) is 0 Å². The summed E-state index contributed by atoms with van der Waals surface area (Å²) in [5, 5.41) is 0. The number of aliphatic imine (C=N–C) groups is 1. The number of rotatable bonds is 5. The minimum absolute atomic E-state index is 0.719. The van der Waals surface area contributed by atoms with Crippen LogP contribution in [-0.4, -0.2) is 27.7 Å². The Morgan fingerprint density at radius 3 is 2.65 bits per heavy atom. The van der Waals surface area contributed by atoms with Crippen LogP contribution in [0.4, 0.5) is 0 Å². The third-order valence-corrected chi connectivity index (χ3v) is 4.26. The Morgan fingerprint density at radius 2 is 1.88 bits per heavy atom. The van der Waals surface area contributed by atoms with Crippen molar-refractivity contribution in [3.8, 4) is 11.4 Å². The summed E-state index contributed by atoms with van der Waals surface area (Å²) in [6.07, 6.45) is 10.4. The molecule has 0 atom stereocenters. The highest BCUT2D eigenvalue weighted by atomic mass is 15.0. The molecule has 0 N–H and O–H groups in total. The number of aromatic nitrogens is 3. The Labute approximate surface area is 155 Å². The van der Waals surface area contributed by atoms with Crippen molar-refractivity contribution in [3.63, 3.8) is 0 Å². The summed E-state index contributed by atoms with van der Waals surface area (Å²) in [6, 6.07) is 10.0. The molecule has 0 bridgehead atoms. The van der Waals surface area contributed by atoms with Gasteiger partial charge in [-0.1, -0.05) is 36.4 Å². The zero-order valence-electron chi connectivity index (χ0n) is 15.6. The van der Waals surface area contributed by atoms with Crippen LogP contribution in [0.3, 0.4) is 0 Å². The Hall–Kier alpha value is -2.88. The van der Waals surface area contributed by atoms with Gasteiger partial charge in [-0.2, -0.15) is 0 Å². The first kappa shape index (κ1) is 17.9. The predicted molar refractivity (Wildman–Crippen MR) is 108 cm³/mol. The summed E-state index contributed by atoms with van der Waals surface area (Å²) in [6.45, 7) is 6.89. The smallest absolute Gasteiger partial charge is 0.163 e. The predicted octanol–water partition coefficient (Wildman–Crippen LogP) is 4.99. The SMILES string of the molecule is CCN=C/C=C(\C)C1=CC(c2nc(C)nc(-c3ccccc3)n2)=CCC1. The molecule has 132 valence electrons. The second kappa shape index (κ2) is 8.48. The van der Waals surface area contributed by atoms with Crippen molar-refractivity contribution < 1.29 is 0 Å². The number of benzene rings is 1. The molecule has 3 rings (SSSR count). The highest BCUT2D eigenvalue weighted by Gasteiger charge is 2.13. The van der Waals surface area contributed by atoms with Gasteiger partial charge in [-0.05, 0) is 56.9 Å². The Balaban J connectivity index is 1.94. The van der Waals surface area contributed by atoms with Crippen LogP contribution >= 0.6 is 0 Å². The van der Waals surface area contributed by atoms with Crippen molar-refractivity contribution in [1.82, 2.24) is 15.0 Å². The summed E-state index contributed by atoms with van der Waals surface area (Å²) >= 11 is 0. The van der Waals surface area contributed by atoms with Crippen molar-refractivity contribution in [2.75, 3.05) is 6.54 Å². The van der Waals surface area contributed by atoms with E-state index in [9.17, 15) is 0 Å². The molecule has 1 heterocycles. The monoisotopic (exact) mass is 344 g/mol. The lowest BCUT2D eigenvalue weighted by Gasteiger charge is -2.14. The van der Waals surface area contributed by atoms with Gasteiger partial charge in [0.05, 0.1) is 0 Å². The topological polar surface area (TPSA) is 51.0 Å². The van der Waals surface area contributed by atoms with E-state index in [-0.39, 0.29) is 0 Å². The average Bonchev–Trinajstić information content (AvgIpc) is 2.68. The second-order valence-corrected chi connectivity index (χ2v) is 6.26. The van der Waals surface area contributed by atoms with E-state index in [1.165, 1.54) is 11.1 Å². The van der Waals surface area contributed by atoms with Crippen LogP contribution in [0, 0.1) is 6.92 Å². The average molecular weight is 344 g/mol. The molecule has 0 radical (unpaired) electrons. The van der Waals surface area contributed by atoms with Crippen LogP contribution in [0.5, 0.6) is 0 Å². The summed E-state index contributed by atoms with van der Waals surface area (Å²) in [4.78, 5) is 18.1. The molecule has 2 aromatic rings. The standard InChI is InChI=1S/C22H24N4/c1-4-23-14-13-16(2)19-11-8-12-20(15-19)22-25-17(3)24-21(26-22)18-9-6-5-7-10-18/h5-7,9-10,12-15H,4,8,11H2,1-3H3/b16-13+,23-14?. The molecule has 0 amide bonds. The van der Waals surface area contributed by atoms with Gasteiger partial charge in [0.15, 0.2) is 11.6 Å². The third-order valence-electron chi connectivity index (χ3n) is 4.26. The molecular formula is C22H24N4. The normalized spacial score (nSPS) is 15.1. The molecule has 0 aliphatic heterocycles. The van der Waals surface area contributed by atoms with Gasteiger partial charge in [0, 0.05) is 23.9 Å². The van der Waals surface area contributed by atoms with Crippen molar-refractivity contribution in [1.29, 1.82) is 0 Å². The number of allylic oxidation sites excluding steroid dienone is 6. The van der Waals surface area contributed by atoms with Crippen LogP contribution in [-0.2, 0) is 0 Å². The first-order chi connectivity index (χ1) is 12.7. The fourth-order valence-electron chi connectivity index (χ4n) is 2.87. The first-order valence-corrected chi connectivity index (χ1v) is 9.03. The molecule has 0 fully saturated rings. The minimum atomic E-state index is 0.719. The highest BCUT2D eigenvalue weighted by Crippen LogP contribution is 2.28. The van der Waals surface area contributed by atoms with Gasteiger partial charge >= 0.3 is 0 Å². The maximum absolute atomic E-state index is 4.72. The van der Waals surface area contributed by atoms with Crippen LogP contribution in [0.2, 0.25) is 0 Å². The molecule has 4 heteroatoms.